The third kappa shape index (κ3) is 6.32. The highest BCUT2D eigenvalue weighted by Gasteiger charge is 2.29. The molecule has 0 radical (unpaired) electrons. The zero-order valence-corrected chi connectivity index (χ0v) is 17.1. The summed E-state index contributed by atoms with van der Waals surface area (Å²) in [5.41, 5.74) is 0.606. The third-order valence-corrected chi connectivity index (χ3v) is 4.04. The van der Waals surface area contributed by atoms with E-state index in [1.54, 1.807) is 12.3 Å². The maximum absolute atomic E-state index is 12.7. The third-order valence-electron chi connectivity index (χ3n) is 4.04. The summed E-state index contributed by atoms with van der Waals surface area (Å²) in [6, 6.07) is 7.62. The van der Waals surface area contributed by atoms with Crippen LogP contribution in [0.1, 0.15) is 29.8 Å². The van der Waals surface area contributed by atoms with Crippen LogP contribution >= 0.6 is 0 Å². The Morgan fingerprint density at radius 3 is 2.65 bits per heavy atom. The number of benzene rings is 1. The van der Waals surface area contributed by atoms with Gasteiger partial charge in [0, 0.05) is 18.3 Å². The number of fused-ring (bicyclic) bond motifs is 1. The SMILES string of the molecule is Cc1ccc2nc(Nc3ccc(C(=O)NCC(C)(C)O)cc3OCC(F)(F)F)nn2c1. The molecule has 3 N–H and O–H groups in total. The lowest BCUT2D eigenvalue weighted by Crippen LogP contribution is -2.38. The molecule has 0 atom stereocenters. The van der Waals surface area contributed by atoms with Crippen LogP contribution in [0.25, 0.3) is 5.65 Å². The summed E-state index contributed by atoms with van der Waals surface area (Å²) in [6.45, 7) is 3.35. The molecule has 3 aromatic rings. The molecule has 0 unspecified atom stereocenters. The molecule has 0 spiro atoms. The molecule has 1 aromatic carbocycles. The zero-order valence-electron chi connectivity index (χ0n) is 17.1. The van der Waals surface area contributed by atoms with Crippen LogP contribution in [0.4, 0.5) is 24.8 Å². The summed E-state index contributed by atoms with van der Waals surface area (Å²) < 4.78 is 44.6. The first-order valence-corrected chi connectivity index (χ1v) is 9.34. The van der Waals surface area contributed by atoms with E-state index in [9.17, 15) is 23.1 Å². The summed E-state index contributed by atoms with van der Waals surface area (Å²) in [6.07, 6.45) is -2.81. The van der Waals surface area contributed by atoms with Gasteiger partial charge in [-0.05, 0) is 50.6 Å². The van der Waals surface area contributed by atoms with E-state index in [0.29, 0.717) is 5.65 Å². The van der Waals surface area contributed by atoms with Crippen molar-refractivity contribution in [1.29, 1.82) is 0 Å². The number of aromatic nitrogens is 3. The van der Waals surface area contributed by atoms with Gasteiger partial charge in [-0.15, -0.1) is 5.10 Å². The number of nitrogens with zero attached hydrogens (tertiary/aromatic N) is 3. The van der Waals surface area contributed by atoms with Crippen molar-refractivity contribution >= 4 is 23.2 Å². The van der Waals surface area contributed by atoms with Crippen molar-refractivity contribution in [2.24, 2.45) is 0 Å². The normalized spacial score (nSPS) is 12.1. The number of amides is 1. The molecule has 0 aliphatic heterocycles. The van der Waals surface area contributed by atoms with Gasteiger partial charge in [0.1, 0.15) is 5.75 Å². The Morgan fingerprint density at radius 2 is 1.97 bits per heavy atom. The zero-order chi connectivity index (χ0) is 22.8. The summed E-state index contributed by atoms with van der Waals surface area (Å²) >= 11 is 0. The van der Waals surface area contributed by atoms with E-state index in [0.717, 1.165) is 5.56 Å². The Hall–Kier alpha value is -3.34. The number of pyridine rings is 1. The maximum atomic E-state index is 12.7. The Bertz CT molecular complexity index is 1090. The first-order chi connectivity index (χ1) is 14.4. The molecule has 0 saturated carbocycles. The average molecular weight is 437 g/mol. The molecule has 11 heteroatoms. The number of hydrogen-bond donors (Lipinski definition) is 3. The van der Waals surface area contributed by atoms with Crippen LogP contribution < -0.4 is 15.4 Å². The highest BCUT2D eigenvalue weighted by atomic mass is 19.4. The lowest BCUT2D eigenvalue weighted by molar-refractivity contribution is -0.153. The predicted molar refractivity (Wildman–Crippen MR) is 108 cm³/mol. The van der Waals surface area contributed by atoms with E-state index in [-0.39, 0.29) is 29.5 Å². The summed E-state index contributed by atoms with van der Waals surface area (Å²) in [5, 5.41) is 19.3. The highest BCUT2D eigenvalue weighted by Crippen LogP contribution is 2.30. The number of halogens is 3. The summed E-state index contributed by atoms with van der Waals surface area (Å²) in [7, 11) is 0. The number of alkyl halides is 3. The largest absolute Gasteiger partial charge is 0.482 e. The summed E-state index contributed by atoms with van der Waals surface area (Å²) in [4.78, 5) is 16.6. The van der Waals surface area contributed by atoms with E-state index in [1.807, 2.05) is 13.0 Å². The summed E-state index contributed by atoms with van der Waals surface area (Å²) in [5.74, 6) is -0.600. The Morgan fingerprint density at radius 1 is 1.23 bits per heavy atom. The van der Waals surface area contributed by atoms with Crippen LogP contribution in [0.15, 0.2) is 36.5 Å². The van der Waals surface area contributed by atoms with E-state index >= 15 is 0 Å². The van der Waals surface area contributed by atoms with Gasteiger partial charge in [0.05, 0.1) is 11.3 Å². The van der Waals surface area contributed by atoms with Crippen molar-refractivity contribution in [3.8, 4) is 5.75 Å². The van der Waals surface area contributed by atoms with Crippen molar-refractivity contribution in [1.82, 2.24) is 19.9 Å². The standard InChI is InChI=1S/C20H22F3N5O3/c1-12-4-7-16-26-18(27-28(16)9-12)25-14-6-5-13(17(29)24-10-19(2,3)30)8-15(14)31-11-20(21,22)23/h4-9,30H,10-11H2,1-3H3,(H,24,29)(H,25,27). The van der Waals surface area contributed by atoms with Gasteiger partial charge in [-0.3, -0.25) is 4.79 Å². The molecule has 0 saturated heterocycles. The quantitative estimate of drug-likeness (QED) is 0.525. The second-order valence-corrected chi connectivity index (χ2v) is 7.68. The molecule has 0 fully saturated rings. The molecule has 0 aliphatic carbocycles. The number of nitrogens with one attached hydrogen (secondary N) is 2. The molecule has 2 heterocycles. The molecule has 0 bridgehead atoms. The molecule has 8 nitrogen and oxygen atoms in total. The fourth-order valence-electron chi connectivity index (χ4n) is 2.60. The van der Waals surface area contributed by atoms with Gasteiger partial charge in [0.15, 0.2) is 12.3 Å². The fourth-order valence-corrected chi connectivity index (χ4v) is 2.60. The highest BCUT2D eigenvalue weighted by molar-refractivity contribution is 5.95. The fraction of sp³-hybridized carbons (Fsp3) is 0.350. The second-order valence-electron chi connectivity index (χ2n) is 7.68. The predicted octanol–water partition coefficient (Wildman–Crippen LogP) is 3.22. The Labute approximate surface area is 176 Å². The van der Waals surface area contributed by atoms with Crippen LogP contribution in [0, 0.1) is 6.92 Å². The molecular weight excluding hydrogens is 415 g/mol. The smallest absolute Gasteiger partial charge is 0.422 e. The molecule has 31 heavy (non-hydrogen) atoms. The van der Waals surface area contributed by atoms with Crippen LogP contribution in [-0.4, -0.2) is 50.5 Å². The number of carbonyl (C=O) groups excluding carboxylic acids is 1. The first kappa shape index (κ1) is 22.3. The second kappa shape index (κ2) is 8.42. The van der Waals surface area contributed by atoms with E-state index in [1.165, 1.54) is 36.6 Å². The van der Waals surface area contributed by atoms with Crippen molar-refractivity contribution in [2.45, 2.75) is 32.5 Å². The molecule has 166 valence electrons. The van der Waals surface area contributed by atoms with Gasteiger partial charge in [0.25, 0.3) is 5.91 Å². The minimum absolute atomic E-state index is 0.0326. The van der Waals surface area contributed by atoms with Crippen LogP contribution in [0.3, 0.4) is 0 Å². The molecule has 1 amide bonds. The van der Waals surface area contributed by atoms with Crippen molar-refractivity contribution < 1.29 is 27.8 Å². The molecule has 3 rings (SSSR count). The lowest BCUT2D eigenvalue weighted by atomic mass is 10.1. The number of aryl methyl sites for hydroxylation is 1. The monoisotopic (exact) mass is 437 g/mol. The molecule has 0 aliphatic rings. The van der Waals surface area contributed by atoms with Crippen LogP contribution in [0.5, 0.6) is 5.75 Å². The van der Waals surface area contributed by atoms with E-state index in [4.69, 9.17) is 4.74 Å². The van der Waals surface area contributed by atoms with Crippen LogP contribution in [-0.2, 0) is 0 Å². The Balaban J connectivity index is 1.87. The lowest BCUT2D eigenvalue weighted by Gasteiger charge is -2.18. The van der Waals surface area contributed by atoms with Gasteiger partial charge in [0.2, 0.25) is 5.95 Å². The maximum Gasteiger partial charge on any atom is 0.422 e. The number of anilines is 2. The van der Waals surface area contributed by atoms with Gasteiger partial charge in [-0.2, -0.15) is 18.2 Å². The number of aliphatic hydroxyl groups is 1. The minimum Gasteiger partial charge on any atom is -0.482 e. The number of rotatable bonds is 7. The Kier molecular flexibility index (Phi) is 6.07. The van der Waals surface area contributed by atoms with Gasteiger partial charge < -0.3 is 20.5 Å². The van der Waals surface area contributed by atoms with Gasteiger partial charge in [-0.1, -0.05) is 6.07 Å². The van der Waals surface area contributed by atoms with Crippen molar-refractivity contribution in [2.75, 3.05) is 18.5 Å². The molecule has 2 aromatic heterocycles. The van der Waals surface area contributed by atoms with Crippen molar-refractivity contribution in [3.05, 3.63) is 47.7 Å². The van der Waals surface area contributed by atoms with Crippen molar-refractivity contribution in [3.63, 3.8) is 0 Å². The van der Waals surface area contributed by atoms with E-state index < -0.39 is 24.3 Å². The van der Waals surface area contributed by atoms with Gasteiger partial charge in [-0.25, -0.2) is 4.52 Å². The number of carbonyl (C=O) groups is 1. The topological polar surface area (TPSA) is 101 Å². The minimum atomic E-state index is -4.56. The number of hydrogen-bond acceptors (Lipinski definition) is 6. The van der Waals surface area contributed by atoms with E-state index in [2.05, 4.69) is 20.7 Å². The molecular formula is C20H22F3N5O3. The number of ether oxygens (including phenoxy) is 1. The first-order valence-electron chi connectivity index (χ1n) is 9.34. The average Bonchev–Trinajstić information content (AvgIpc) is 3.05. The van der Waals surface area contributed by atoms with Crippen LogP contribution in [0.2, 0.25) is 0 Å². The van der Waals surface area contributed by atoms with Gasteiger partial charge >= 0.3 is 6.18 Å².